The average molecular weight is 249 g/mol. The summed E-state index contributed by atoms with van der Waals surface area (Å²) in [4.78, 5) is 11.7. The summed E-state index contributed by atoms with van der Waals surface area (Å²) in [6.45, 7) is 1.65. The number of aliphatic carboxylic acids is 1. The summed E-state index contributed by atoms with van der Waals surface area (Å²) in [6.07, 6.45) is 1.20. The summed E-state index contributed by atoms with van der Waals surface area (Å²) in [7, 11) is 0. The molecule has 0 aliphatic carbocycles. The first-order chi connectivity index (χ1) is 8.72. The van der Waals surface area contributed by atoms with E-state index in [1.165, 1.54) is 0 Å². The van der Waals surface area contributed by atoms with E-state index in [1.807, 2.05) is 12.1 Å². The van der Waals surface area contributed by atoms with Crippen molar-refractivity contribution in [2.45, 2.75) is 18.3 Å². The molecule has 0 amide bonds. The van der Waals surface area contributed by atoms with E-state index in [2.05, 4.69) is 5.32 Å². The predicted octanol–water partition coefficient (Wildman–Crippen LogP) is 1.12. The molecule has 0 unspecified atom stereocenters. The Kier molecular flexibility index (Phi) is 2.63. The van der Waals surface area contributed by atoms with Gasteiger partial charge in [0.15, 0.2) is 11.5 Å². The summed E-state index contributed by atoms with van der Waals surface area (Å²) < 4.78 is 10.6. The van der Waals surface area contributed by atoms with E-state index in [0.29, 0.717) is 24.3 Å². The molecule has 2 aliphatic rings. The van der Waals surface area contributed by atoms with Crippen molar-refractivity contribution in [3.05, 3.63) is 23.8 Å². The number of piperidine rings is 1. The van der Waals surface area contributed by atoms with Crippen LogP contribution in [0.1, 0.15) is 18.4 Å². The van der Waals surface area contributed by atoms with Crippen LogP contribution in [-0.4, -0.2) is 31.0 Å². The average Bonchev–Trinajstić information content (AvgIpc) is 2.86. The van der Waals surface area contributed by atoms with Gasteiger partial charge in [-0.3, -0.25) is 4.79 Å². The molecule has 0 bridgehead atoms. The van der Waals surface area contributed by atoms with Gasteiger partial charge in [0.05, 0.1) is 5.41 Å². The van der Waals surface area contributed by atoms with Crippen LogP contribution in [-0.2, 0) is 10.2 Å². The Morgan fingerprint density at radius 3 is 2.67 bits per heavy atom. The zero-order chi connectivity index (χ0) is 12.6. The van der Waals surface area contributed by atoms with Crippen LogP contribution in [0.4, 0.5) is 0 Å². The molecule has 0 aromatic heterocycles. The number of nitrogens with one attached hydrogen (secondary N) is 1. The Hall–Kier alpha value is -1.75. The molecule has 2 aliphatic heterocycles. The topological polar surface area (TPSA) is 67.8 Å². The van der Waals surface area contributed by atoms with Gasteiger partial charge in [-0.2, -0.15) is 0 Å². The van der Waals surface area contributed by atoms with E-state index >= 15 is 0 Å². The van der Waals surface area contributed by atoms with Gasteiger partial charge >= 0.3 is 5.97 Å². The van der Waals surface area contributed by atoms with Crippen molar-refractivity contribution in [2.75, 3.05) is 19.9 Å². The van der Waals surface area contributed by atoms with Crippen molar-refractivity contribution >= 4 is 5.97 Å². The molecule has 2 heterocycles. The highest BCUT2D eigenvalue weighted by molar-refractivity contribution is 5.82. The molecule has 1 saturated heterocycles. The minimum Gasteiger partial charge on any atom is -0.481 e. The Morgan fingerprint density at radius 1 is 1.22 bits per heavy atom. The predicted molar refractivity (Wildman–Crippen MR) is 64.0 cm³/mol. The molecule has 2 N–H and O–H groups in total. The summed E-state index contributed by atoms with van der Waals surface area (Å²) in [5.74, 6) is 0.572. The lowest BCUT2D eigenvalue weighted by atomic mass is 9.73. The van der Waals surface area contributed by atoms with Crippen LogP contribution < -0.4 is 14.8 Å². The van der Waals surface area contributed by atoms with Gasteiger partial charge in [0, 0.05) is 0 Å². The molecule has 18 heavy (non-hydrogen) atoms. The molecule has 0 saturated carbocycles. The highest BCUT2D eigenvalue weighted by Crippen LogP contribution is 2.40. The number of carboxylic acid groups (broad SMARTS) is 1. The Morgan fingerprint density at radius 2 is 1.94 bits per heavy atom. The molecule has 3 rings (SSSR count). The first kappa shape index (κ1) is 11.3. The first-order valence-electron chi connectivity index (χ1n) is 6.07. The van der Waals surface area contributed by atoms with Crippen molar-refractivity contribution < 1.29 is 19.4 Å². The normalized spacial score (nSPS) is 20.7. The number of ether oxygens (including phenoxy) is 2. The fraction of sp³-hybridized carbons (Fsp3) is 0.462. The van der Waals surface area contributed by atoms with E-state index in [4.69, 9.17) is 9.47 Å². The first-order valence-corrected chi connectivity index (χ1v) is 6.07. The molecule has 0 spiro atoms. The van der Waals surface area contributed by atoms with Crippen LogP contribution >= 0.6 is 0 Å². The second-order valence-corrected chi connectivity index (χ2v) is 4.71. The summed E-state index contributed by atoms with van der Waals surface area (Å²) in [6, 6.07) is 5.44. The quantitative estimate of drug-likeness (QED) is 0.822. The van der Waals surface area contributed by atoms with Crippen LogP contribution in [0.5, 0.6) is 11.5 Å². The largest absolute Gasteiger partial charge is 0.481 e. The van der Waals surface area contributed by atoms with Gasteiger partial charge in [0.25, 0.3) is 0 Å². The second kappa shape index (κ2) is 4.17. The molecule has 96 valence electrons. The molecule has 0 radical (unpaired) electrons. The third-order valence-corrected chi connectivity index (χ3v) is 3.79. The Bertz CT molecular complexity index is 480. The summed E-state index contributed by atoms with van der Waals surface area (Å²) in [5, 5.41) is 12.8. The number of carbonyl (C=O) groups is 1. The Labute approximate surface area is 105 Å². The number of fused-ring (bicyclic) bond motifs is 1. The zero-order valence-electron chi connectivity index (χ0n) is 9.94. The van der Waals surface area contributed by atoms with E-state index in [0.717, 1.165) is 18.7 Å². The summed E-state index contributed by atoms with van der Waals surface area (Å²) in [5.41, 5.74) is 0.00688. The van der Waals surface area contributed by atoms with Gasteiger partial charge in [-0.25, -0.2) is 0 Å². The van der Waals surface area contributed by atoms with Gasteiger partial charge in [-0.1, -0.05) is 6.07 Å². The van der Waals surface area contributed by atoms with Crippen molar-refractivity contribution in [1.29, 1.82) is 0 Å². The van der Waals surface area contributed by atoms with E-state index in [1.54, 1.807) is 6.07 Å². The SMILES string of the molecule is O=C(O)C1(c2ccc3c(c2)OCO3)CCNCC1. The molecule has 1 aromatic rings. The maximum Gasteiger partial charge on any atom is 0.314 e. The highest BCUT2D eigenvalue weighted by atomic mass is 16.7. The minimum atomic E-state index is -0.799. The molecule has 1 aromatic carbocycles. The van der Waals surface area contributed by atoms with Crippen molar-refractivity contribution in [1.82, 2.24) is 5.32 Å². The van der Waals surface area contributed by atoms with E-state index in [-0.39, 0.29) is 6.79 Å². The minimum absolute atomic E-state index is 0.209. The van der Waals surface area contributed by atoms with Gasteiger partial charge in [0.2, 0.25) is 6.79 Å². The zero-order valence-corrected chi connectivity index (χ0v) is 9.94. The molecule has 5 nitrogen and oxygen atoms in total. The maximum absolute atomic E-state index is 11.7. The Balaban J connectivity index is 2.02. The molecule has 5 heteroatoms. The van der Waals surface area contributed by atoms with Crippen LogP contribution in [0.3, 0.4) is 0 Å². The number of hydrogen-bond acceptors (Lipinski definition) is 4. The van der Waals surface area contributed by atoms with E-state index < -0.39 is 11.4 Å². The number of carboxylic acids is 1. The highest BCUT2D eigenvalue weighted by Gasteiger charge is 2.42. The van der Waals surface area contributed by atoms with Crippen LogP contribution in [0, 0.1) is 0 Å². The number of rotatable bonds is 2. The van der Waals surface area contributed by atoms with Gasteiger partial charge < -0.3 is 19.9 Å². The standard InChI is InChI=1S/C13H15NO4/c15-12(16)13(3-5-14-6-4-13)9-1-2-10-11(7-9)18-8-17-10/h1-2,7,14H,3-6,8H2,(H,15,16). The van der Waals surface area contributed by atoms with Crippen molar-refractivity contribution in [2.24, 2.45) is 0 Å². The van der Waals surface area contributed by atoms with E-state index in [9.17, 15) is 9.90 Å². The maximum atomic E-state index is 11.7. The second-order valence-electron chi connectivity index (χ2n) is 4.71. The van der Waals surface area contributed by atoms with Crippen LogP contribution in [0.2, 0.25) is 0 Å². The van der Waals surface area contributed by atoms with Crippen molar-refractivity contribution in [3.63, 3.8) is 0 Å². The molecular weight excluding hydrogens is 234 g/mol. The van der Waals surface area contributed by atoms with Gasteiger partial charge in [0.1, 0.15) is 0 Å². The third kappa shape index (κ3) is 1.62. The fourth-order valence-corrected chi connectivity index (χ4v) is 2.67. The fourth-order valence-electron chi connectivity index (χ4n) is 2.67. The summed E-state index contributed by atoms with van der Waals surface area (Å²) >= 11 is 0. The van der Waals surface area contributed by atoms with Crippen LogP contribution in [0.15, 0.2) is 18.2 Å². The number of benzene rings is 1. The molecule has 1 fully saturated rings. The molecule has 0 atom stereocenters. The van der Waals surface area contributed by atoms with Crippen molar-refractivity contribution in [3.8, 4) is 11.5 Å². The third-order valence-electron chi connectivity index (χ3n) is 3.79. The number of hydrogen-bond donors (Lipinski definition) is 2. The molecular formula is C13H15NO4. The van der Waals surface area contributed by atoms with Gasteiger partial charge in [-0.15, -0.1) is 0 Å². The van der Waals surface area contributed by atoms with Crippen LogP contribution in [0.25, 0.3) is 0 Å². The smallest absolute Gasteiger partial charge is 0.314 e. The lowest BCUT2D eigenvalue weighted by Gasteiger charge is -2.34. The lowest BCUT2D eigenvalue weighted by Crippen LogP contribution is -2.45. The monoisotopic (exact) mass is 249 g/mol. The lowest BCUT2D eigenvalue weighted by molar-refractivity contribution is -0.145. The van der Waals surface area contributed by atoms with Gasteiger partial charge in [-0.05, 0) is 43.6 Å².